The molecule has 4 fully saturated rings. The van der Waals surface area contributed by atoms with Crippen LogP contribution in [0.25, 0.3) is 0 Å². The van der Waals surface area contributed by atoms with Crippen LogP contribution in [0.1, 0.15) is 78.6 Å². The van der Waals surface area contributed by atoms with Crippen molar-refractivity contribution in [2.45, 2.75) is 113 Å². The molecule has 3 aliphatic heterocycles. The fourth-order valence-electron chi connectivity index (χ4n) is 7.46. The molecule has 6 amide bonds. The molecule has 0 aromatic rings. The van der Waals surface area contributed by atoms with E-state index in [2.05, 4.69) is 32.8 Å². The number of amides is 6. The van der Waals surface area contributed by atoms with E-state index in [0.717, 1.165) is 12.8 Å². The lowest BCUT2D eigenvalue weighted by Gasteiger charge is -2.30. The monoisotopic (exact) mass is 714 g/mol. The predicted molar refractivity (Wildman–Crippen MR) is 184 cm³/mol. The summed E-state index contributed by atoms with van der Waals surface area (Å²) in [6.45, 7) is 6.28. The fraction of sp³-hybridized carbons (Fsp3) is 0.686. The van der Waals surface area contributed by atoms with Crippen LogP contribution in [0.2, 0.25) is 0 Å². The van der Waals surface area contributed by atoms with Crippen molar-refractivity contribution in [1.29, 1.82) is 0 Å². The lowest BCUT2D eigenvalue weighted by Crippen LogP contribution is -2.58. The maximum atomic E-state index is 14.3. The summed E-state index contributed by atoms with van der Waals surface area (Å²) in [5.74, 6) is -1.88. The topological polar surface area (TPSA) is 183 Å². The van der Waals surface area contributed by atoms with Crippen molar-refractivity contribution in [3.63, 3.8) is 0 Å². The number of nitrogens with one attached hydrogen (secondary N) is 4. The molecule has 0 spiro atoms. The standard InChI is InChI=1S/C35H50N6O8S/c1-34(2,3)49-33(46)37-27-14-8-6-4-5-7-13-24-18-35(24,31(44)39-50(47,48)26-15-16-26)38-29(42)28-17-25(21-41(28)30(27)43)36-32(45)40-19-22-11-9-10-12-23(22)20-40/h7,9-13,22-28H,4-6,8,14-21H2,1-3H3,(H,36,45)(H,37,46)(H,38,42)(H,39,44)/b13-7-/t22?,23?,24-,25-,27+,28+,35-/m1/s1. The average Bonchev–Trinajstić information content (AvgIpc) is 3.92. The van der Waals surface area contributed by atoms with Crippen LogP contribution in [-0.2, 0) is 29.1 Å². The van der Waals surface area contributed by atoms with Crippen molar-refractivity contribution in [3.05, 3.63) is 36.5 Å². The van der Waals surface area contributed by atoms with Gasteiger partial charge in [-0.1, -0.05) is 49.3 Å². The van der Waals surface area contributed by atoms with E-state index in [1.54, 1.807) is 25.7 Å². The molecule has 7 atom stereocenters. The first-order valence-electron chi connectivity index (χ1n) is 17.9. The van der Waals surface area contributed by atoms with Crippen LogP contribution in [-0.4, -0.2) is 102 Å². The first-order chi connectivity index (χ1) is 23.6. The number of carbonyl (C=O) groups is 5. The van der Waals surface area contributed by atoms with E-state index >= 15 is 0 Å². The largest absolute Gasteiger partial charge is 0.444 e. The minimum Gasteiger partial charge on any atom is -0.444 e. The molecule has 0 aromatic carbocycles. The van der Waals surface area contributed by atoms with Crippen LogP contribution in [0.5, 0.6) is 0 Å². The number of likely N-dealkylation sites (tertiary alicyclic amines) is 1. The molecule has 6 aliphatic rings. The zero-order chi connectivity index (χ0) is 35.8. The summed E-state index contributed by atoms with van der Waals surface area (Å²) in [4.78, 5) is 71.6. The lowest BCUT2D eigenvalue weighted by atomic mass is 9.92. The first-order valence-corrected chi connectivity index (χ1v) is 19.4. The molecule has 0 bridgehead atoms. The van der Waals surface area contributed by atoms with Crippen molar-refractivity contribution in [3.8, 4) is 0 Å². The number of urea groups is 1. The highest BCUT2D eigenvalue weighted by molar-refractivity contribution is 7.91. The van der Waals surface area contributed by atoms with Gasteiger partial charge in [0.25, 0.3) is 5.91 Å². The highest BCUT2D eigenvalue weighted by Crippen LogP contribution is 2.46. The Morgan fingerprint density at radius 3 is 2.30 bits per heavy atom. The Hall–Kier alpha value is -3.88. The van der Waals surface area contributed by atoms with Crippen molar-refractivity contribution < 1.29 is 37.1 Å². The van der Waals surface area contributed by atoms with Crippen LogP contribution in [0.15, 0.2) is 36.5 Å². The average molecular weight is 715 g/mol. The number of hydrogen-bond donors (Lipinski definition) is 4. The molecule has 2 saturated heterocycles. The Morgan fingerprint density at radius 2 is 1.64 bits per heavy atom. The highest BCUT2D eigenvalue weighted by atomic mass is 32.2. The summed E-state index contributed by atoms with van der Waals surface area (Å²) in [5, 5.41) is 7.97. The minimum absolute atomic E-state index is 0.00818. The van der Waals surface area contributed by atoms with Crippen LogP contribution < -0.4 is 20.7 Å². The van der Waals surface area contributed by atoms with Gasteiger partial charge >= 0.3 is 12.1 Å². The Bertz CT molecular complexity index is 1560. The van der Waals surface area contributed by atoms with E-state index in [0.29, 0.717) is 45.2 Å². The van der Waals surface area contributed by atoms with Gasteiger partial charge in [0.2, 0.25) is 21.8 Å². The van der Waals surface area contributed by atoms with Crippen LogP contribution in [0.4, 0.5) is 9.59 Å². The van der Waals surface area contributed by atoms with Gasteiger partial charge in [0, 0.05) is 37.4 Å². The maximum absolute atomic E-state index is 14.3. The summed E-state index contributed by atoms with van der Waals surface area (Å²) < 4.78 is 33.2. The number of carbonyl (C=O) groups excluding carboxylic acids is 5. The number of sulfonamides is 1. The Labute approximate surface area is 293 Å². The number of nitrogens with zero attached hydrogens (tertiary/aromatic N) is 2. The number of alkyl carbamates (subject to hydrolysis) is 1. The first kappa shape index (κ1) is 35.9. The van der Waals surface area contributed by atoms with Crippen LogP contribution in [0.3, 0.4) is 0 Å². The Morgan fingerprint density at radius 1 is 0.940 bits per heavy atom. The molecule has 14 nitrogen and oxygen atoms in total. The quantitative estimate of drug-likeness (QED) is 0.313. The summed E-state index contributed by atoms with van der Waals surface area (Å²) in [6.07, 6.45) is 15.6. The molecule has 0 aromatic heterocycles. The minimum atomic E-state index is -3.88. The van der Waals surface area contributed by atoms with E-state index in [1.165, 1.54) is 4.90 Å². The summed E-state index contributed by atoms with van der Waals surface area (Å²) in [7, 11) is -3.88. The van der Waals surface area contributed by atoms with Gasteiger partial charge in [-0.25, -0.2) is 18.0 Å². The molecule has 50 heavy (non-hydrogen) atoms. The molecular weight excluding hydrogens is 664 g/mol. The van der Waals surface area contributed by atoms with Crippen molar-refractivity contribution in [2.75, 3.05) is 19.6 Å². The second-order valence-electron chi connectivity index (χ2n) is 15.6. The molecule has 0 radical (unpaired) electrons. The van der Waals surface area contributed by atoms with Gasteiger partial charge < -0.3 is 30.5 Å². The van der Waals surface area contributed by atoms with E-state index in [1.807, 2.05) is 24.3 Å². The third-order valence-electron chi connectivity index (χ3n) is 10.4. The van der Waals surface area contributed by atoms with Gasteiger partial charge in [0.15, 0.2) is 0 Å². The van der Waals surface area contributed by atoms with E-state index in [4.69, 9.17) is 4.74 Å². The van der Waals surface area contributed by atoms with Gasteiger partial charge in [0.1, 0.15) is 23.2 Å². The van der Waals surface area contributed by atoms with E-state index in [-0.39, 0.29) is 37.3 Å². The highest BCUT2D eigenvalue weighted by Gasteiger charge is 2.62. The number of fused-ring (bicyclic) bond motifs is 3. The third kappa shape index (κ3) is 8.18. The van der Waals surface area contributed by atoms with E-state index < -0.39 is 74.3 Å². The molecule has 4 N–H and O–H groups in total. The smallest absolute Gasteiger partial charge is 0.408 e. The summed E-state index contributed by atoms with van der Waals surface area (Å²) in [6, 6.07) is -2.97. The molecule has 274 valence electrons. The SMILES string of the molecule is CC(C)(C)OC(=O)N[C@H]1CCCCC/C=C\[C@@H]2C[C@@]2(C(=O)NS(=O)(=O)C2CC2)NC(=O)[C@@H]2C[C@@H](NC(=O)N3CC4C=CC=CC4C3)CN2C1=O. The van der Waals surface area contributed by atoms with Crippen molar-refractivity contribution in [2.24, 2.45) is 17.8 Å². The second-order valence-corrected chi connectivity index (χ2v) is 17.6. The maximum Gasteiger partial charge on any atom is 0.408 e. The molecule has 3 aliphatic carbocycles. The van der Waals surface area contributed by atoms with Gasteiger partial charge in [-0.2, -0.15) is 0 Å². The van der Waals surface area contributed by atoms with Gasteiger partial charge in [-0.05, 0) is 65.7 Å². The molecular formula is C35H50N6O8S. The van der Waals surface area contributed by atoms with E-state index in [9.17, 15) is 32.4 Å². The van der Waals surface area contributed by atoms with Crippen molar-refractivity contribution in [1.82, 2.24) is 30.5 Å². The van der Waals surface area contributed by atoms with Crippen molar-refractivity contribution >= 4 is 39.9 Å². The Kier molecular flexibility index (Phi) is 10.1. The molecule has 2 saturated carbocycles. The number of rotatable bonds is 5. The van der Waals surface area contributed by atoms with Gasteiger partial charge in [-0.3, -0.25) is 19.1 Å². The predicted octanol–water partition coefficient (Wildman–Crippen LogP) is 2.24. The molecule has 2 unspecified atom stereocenters. The lowest BCUT2D eigenvalue weighted by molar-refractivity contribution is -0.141. The Balaban J connectivity index is 1.24. The van der Waals surface area contributed by atoms with Crippen LogP contribution >= 0.6 is 0 Å². The fourth-order valence-corrected chi connectivity index (χ4v) is 8.83. The molecule has 15 heteroatoms. The number of hydrogen-bond acceptors (Lipinski definition) is 8. The second kappa shape index (κ2) is 14.0. The van der Waals surface area contributed by atoms with Crippen LogP contribution in [0, 0.1) is 17.8 Å². The zero-order valence-corrected chi connectivity index (χ0v) is 29.9. The summed E-state index contributed by atoms with van der Waals surface area (Å²) >= 11 is 0. The van der Waals surface area contributed by atoms with Gasteiger partial charge in [-0.15, -0.1) is 0 Å². The number of allylic oxidation sites excluding steroid dienone is 3. The normalized spacial score (nSPS) is 33.5. The molecule has 6 rings (SSSR count). The summed E-state index contributed by atoms with van der Waals surface area (Å²) in [5.41, 5.74) is -2.29. The molecule has 3 heterocycles. The number of ether oxygens (including phenoxy) is 1. The third-order valence-corrected chi connectivity index (χ3v) is 12.2. The van der Waals surface area contributed by atoms with Gasteiger partial charge in [0.05, 0.1) is 11.3 Å². The zero-order valence-electron chi connectivity index (χ0n) is 29.1.